The van der Waals surface area contributed by atoms with Crippen LogP contribution < -0.4 is 4.90 Å². The number of rotatable bonds is 4. The molecule has 1 unspecified atom stereocenters. The van der Waals surface area contributed by atoms with Crippen LogP contribution in [0.25, 0.3) is 11.1 Å². The molecule has 3 aromatic rings. The van der Waals surface area contributed by atoms with Crippen LogP contribution in [0.4, 0.5) is 5.88 Å². The van der Waals surface area contributed by atoms with E-state index in [0.29, 0.717) is 25.3 Å². The van der Waals surface area contributed by atoms with Gasteiger partial charge in [-0.1, -0.05) is 59.8 Å². The number of nitrogens with zero attached hydrogens (tertiary/aromatic N) is 4. The SMILES string of the molecule is CC1=NC(C)N(c2onc(C)c2C)C2=C1CCC(=O)N2Cc1ccc(-c2ccccc2)cc1. The maximum atomic E-state index is 13.2. The van der Waals surface area contributed by atoms with Gasteiger partial charge in [0.1, 0.15) is 12.0 Å². The Hall–Kier alpha value is -3.67. The van der Waals surface area contributed by atoms with Crippen molar-refractivity contribution in [3.63, 3.8) is 0 Å². The van der Waals surface area contributed by atoms with Crippen LogP contribution in [0.5, 0.6) is 0 Å². The van der Waals surface area contributed by atoms with E-state index in [0.717, 1.165) is 39.5 Å². The number of aliphatic imine (C=N–C) groups is 1. The number of hydrogen-bond donors (Lipinski definition) is 0. The second kappa shape index (κ2) is 8.35. The fourth-order valence-corrected chi connectivity index (χ4v) is 4.64. The van der Waals surface area contributed by atoms with Gasteiger partial charge in [0.05, 0.1) is 12.2 Å². The molecule has 33 heavy (non-hydrogen) atoms. The second-order valence-electron chi connectivity index (χ2n) is 8.76. The number of aryl methyl sites for hydroxylation is 1. The van der Waals surface area contributed by atoms with E-state index in [1.54, 1.807) is 0 Å². The zero-order valence-corrected chi connectivity index (χ0v) is 19.5. The van der Waals surface area contributed by atoms with Crippen molar-refractivity contribution in [2.45, 2.75) is 53.2 Å². The first kappa shape index (κ1) is 21.2. The molecule has 1 amide bonds. The summed E-state index contributed by atoms with van der Waals surface area (Å²) in [4.78, 5) is 22.0. The molecule has 0 N–H and O–H groups in total. The number of carbonyl (C=O) groups excluding carboxylic acids is 1. The Morgan fingerprint density at radius 2 is 1.67 bits per heavy atom. The minimum atomic E-state index is -0.191. The maximum Gasteiger partial charge on any atom is 0.237 e. The van der Waals surface area contributed by atoms with Gasteiger partial charge in [0, 0.05) is 23.3 Å². The van der Waals surface area contributed by atoms with Gasteiger partial charge in [-0.15, -0.1) is 0 Å². The lowest BCUT2D eigenvalue weighted by Crippen LogP contribution is -2.48. The third-order valence-corrected chi connectivity index (χ3v) is 6.59. The Labute approximate surface area is 194 Å². The van der Waals surface area contributed by atoms with Crippen molar-refractivity contribution in [3.05, 3.63) is 82.8 Å². The number of anilines is 1. The first-order chi connectivity index (χ1) is 15.9. The third-order valence-electron chi connectivity index (χ3n) is 6.59. The lowest BCUT2D eigenvalue weighted by atomic mass is 9.97. The summed E-state index contributed by atoms with van der Waals surface area (Å²) < 4.78 is 5.72. The van der Waals surface area contributed by atoms with E-state index in [1.165, 1.54) is 5.56 Å². The number of amides is 1. The van der Waals surface area contributed by atoms with Gasteiger partial charge < -0.3 is 4.52 Å². The Balaban J connectivity index is 1.52. The third kappa shape index (κ3) is 3.75. The molecule has 0 saturated carbocycles. The molecule has 1 aromatic heterocycles. The molecule has 0 radical (unpaired) electrons. The van der Waals surface area contributed by atoms with Crippen LogP contribution in [0.3, 0.4) is 0 Å². The Kier molecular flexibility index (Phi) is 5.36. The molecular weight excluding hydrogens is 412 g/mol. The van der Waals surface area contributed by atoms with E-state index in [-0.39, 0.29) is 12.1 Å². The maximum absolute atomic E-state index is 13.2. The summed E-state index contributed by atoms with van der Waals surface area (Å²) in [6, 6.07) is 18.7. The Bertz CT molecular complexity index is 1260. The van der Waals surface area contributed by atoms with Crippen LogP contribution in [-0.4, -0.2) is 27.8 Å². The quantitative estimate of drug-likeness (QED) is 0.528. The number of benzene rings is 2. The fourth-order valence-electron chi connectivity index (χ4n) is 4.64. The van der Waals surface area contributed by atoms with Crippen LogP contribution in [-0.2, 0) is 11.3 Å². The summed E-state index contributed by atoms with van der Waals surface area (Å²) in [5.41, 5.74) is 7.31. The molecule has 0 bridgehead atoms. The molecule has 0 aliphatic carbocycles. The highest BCUT2D eigenvalue weighted by Crippen LogP contribution is 2.38. The largest absolute Gasteiger partial charge is 0.338 e. The summed E-state index contributed by atoms with van der Waals surface area (Å²) in [5.74, 6) is 1.64. The summed E-state index contributed by atoms with van der Waals surface area (Å²) in [6.45, 7) is 8.48. The van der Waals surface area contributed by atoms with Gasteiger partial charge in [-0.25, -0.2) is 0 Å². The summed E-state index contributed by atoms with van der Waals surface area (Å²) >= 11 is 0. The van der Waals surface area contributed by atoms with Crippen molar-refractivity contribution in [3.8, 4) is 11.1 Å². The van der Waals surface area contributed by atoms with Gasteiger partial charge in [-0.05, 0) is 50.8 Å². The Morgan fingerprint density at radius 1 is 0.970 bits per heavy atom. The molecule has 0 saturated heterocycles. The molecule has 0 spiro atoms. The van der Waals surface area contributed by atoms with Crippen LogP contribution in [0.1, 0.15) is 43.5 Å². The number of aromatic nitrogens is 1. The zero-order valence-electron chi connectivity index (χ0n) is 19.5. The number of carbonyl (C=O) groups is 1. The molecule has 5 rings (SSSR count). The zero-order chi connectivity index (χ0) is 23.1. The lowest BCUT2D eigenvalue weighted by molar-refractivity contribution is -0.130. The molecule has 2 aliphatic heterocycles. The van der Waals surface area contributed by atoms with Gasteiger partial charge >= 0.3 is 0 Å². The van der Waals surface area contributed by atoms with Crippen LogP contribution >= 0.6 is 0 Å². The monoisotopic (exact) mass is 440 g/mol. The minimum Gasteiger partial charge on any atom is -0.338 e. The molecule has 0 fully saturated rings. The predicted molar refractivity (Wildman–Crippen MR) is 130 cm³/mol. The average molecular weight is 441 g/mol. The average Bonchev–Trinajstić information content (AvgIpc) is 3.15. The van der Waals surface area contributed by atoms with Gasteiger partial charge in [0.25, 0.3) is 0 Å². The van der Waals surface area contributed by atoms with Gasteiger partial charge in [0.15, 0.2) is 0 Å². The molecule has 6 nitrogen and oxygen atoms in total. The molecule has 3 heterocycles. The molecule has 2 aromatic carbocycles. The Morgan fingerprint density at radius 3 is 2.33 bits per heavy atom. The van der Waals surface area contributed by atoms with E-state index < -0.39 is 0 Å². The van der Waals surface area contributed by atoms with Crippen molar-refractivity contribution in [1.29, 1.82) is 0 Å². The normalized spacial score (nSPS) is 18.5. The molecule has 2 aliphatic rings. The van der Waals surface area contributed by atoms with E-state index >= 15 is 0 Å². The first-order valence-corrected chi connectivity index (χ1v) is 11.4. The van der Waals surface area contributed by atoms with Crippen molar-refractivity contribution in [1.82, 2.24) is 10.1 Å². The van der Waals surface area contributed by atoms with Gasteiger partial charge in [-0.2, -0.15) is 0 Å². The second-order valence-corrected chi connectivity index (χ2v) is 8.76. The first-order valence-electron chi connectivity index (χ1n) is 11.4. The van der Waals surface area contributed by atoms with Crippen molar-refractivity contribution >= 4 is 17.5 Å². The fraction of sp³-hybridized carbons (Fsp3) is 0.296. The number of hydrogen-bond acceptors (Lipinski definition) is 5. The summed E-state index contributed by atoms with van der Waals surface area (Å²) in [6.07, 6.45) is 0.968. The molecule has 6 heteroatoms. The van der Waals surface area contributed by atoms with E-state index in [1.807, 2.05) is 55.7 Å². The van der Waals surface area contributed by atoms with Gasteiger partial charge in [0.2, 0.25) is 11.8 Å². The van der Waals surface area contributed by atoms with E-state index in [4.69, 9.17) is 9.52 Å². The van der Waals surface area contributed by atoms with Crippen molar-refractivity contribution in [2.75, 3.05) is 4.90 Å². The van der Waals surface area contributed by atoms with E-state index in [9.17, 15) is 4.79 Å². The highest BCUT2D eigenvalue weighted by molar-refractivity contribution is 6.03. The highest BCUT2D eigenvalue weighted by atomic mass is 16.5. The highest BCUT2D eigenvalue weighted by Gasteiger charge is 2.39. The van der Waals surface area contributed by atoms with Crippen LogP contribution in [0.2, 0.25) is 0 Å². The molecular formula is C27H28N4O2. The van der Waals surface area contributed by atoms with Crippen LogP contribution in [0.15, 0.2) is 75.5 Å². The minimum absolute atomic E-state index is 0.113. The van der Waals surface area contributed by atoms with Crippen LogP contribution in [0, 0.1) is 13.8 Å². The molecule has 168 valence electrons. The topological polar surface area (TPSA) is 61.9 Å². The van der Waals surface area contributed by atoms with Crippen molar-refractivity contribution < 1.29 is 9.32 Å². The lowest BCUT2D eigenvalue weighted by Gasteiger charge is -2.42. The summed E-state index contributed by atoms with van der Waals surface area (Å²) in [7, 11) is 0. The number of allylic oxidation sites excluding steroid dienone is 1. The van der Waals surface area contributed by atoms with E-state index in [2.05, 4.69) is 41.6 Å². The molecule has 1 atom stereocenters. The van der Waals surface area contributed by atoms with Crippen molar-refractivity contribution in [2.24, 2.45) is 4.99 Å². The summed E-state index contributed by atoms with van der Waals surface area (Å²) in [5, 5.41) is 4.16. The van der Waals surface area contributed by atoms with Gasteiger partial charge in [-0.3, -0.25) is 19.6 Å². The predicted octanol–water partition coefficient (Wildman–Crippen LogP) is 5.62. The smallest absolute Gasteiger partial charge is 0.237 e. The standard InChI is InChI=1S/C27H28N4O2/c1-17-18(2)29-33-27(17)31-20(4)28-19(3)24-14-15-25(32)30(26(24)31)16-21-10-12-23(13-11-21)22-8-6-5-7-9-22/h5-13,20H,14-16H2,1-4H3.